The summed E-state index contributed by atoms with van der Waals surface area (Å²) in [7, 11) is 0. The Morgan fingerprint density at radius 3 is 3.10 bits per heavy atom. The normalized spacial score (nSPS) is 16.6. The Labute approximate surface area is 166 Å². The number of nitro groups is 1. The number of amides is 1. The van der Waals surface area contributed by atoms with Gasteiger partial charge >= 0.3 is 0 Å². The van der Waals surface area contributed by atoms with E-state index in [0.29, 0.717) is 12.2 Å². The SMILES string of the molecule is O=C(CNc1cccc([N+](=O)[O-])c1)NC1CCCN(c2ncnc3[nH]ccc23)C1. The summed E-state index contributed by atoms with van der Waals surface area (Å²) in [6.07, 6.45) is 5.21. The number of hydrogen-bond acceptors (Lipinski definition) is 7. The molecule has 1 saturated heterocycles. The maximum atomic E-state index is 12.4. The molecule has 1 fully saturated rings. The Morgan fingerprint density at radius 2 is 2.24 bits per heavy atom. The number of non-ortho nitro benzene ring substituents is 1. The van der Waals surface area contributed by atoms with Gasteiger partial charge in [0.1, 0.15) is 17.8 Å². The second-order valence-electron chi connectivity index (χ2n) is 6.95. The Bertz CT molecular complexity index is 1040. The van der Waals surface area contributed by atoms with Gasteiger partial charge in [0.05, 0.1) is 16.9 Å². The van der Waals surface area contributed by atoms with Crippen LogP contribution in [0, 0.1) is 10.1 Å². The van der Waals surface area contributed by atoms with E-state index in [1.54, 1.807) is 18.5 Å². The first kappa shape index (κ1) is 18.7. The molecule has 0 spiro atoms. The molecule has 3 N–H and O–H groups in total. The number of rotatable bonds is 6. The average Bonchev–Trinajstić information content (AvgIpc) is 3.21. The molecule has 0 radical (unpaired) electrons. The number of aromatic nitrogens is 3. The summed E-state index contributed by atoms with van der Waals surface area (Å²) in [6, 6.07) is 8.06. The van der Waals surface area contributed by atoms with Crippen molar-refractivity contribution in [2.24, 2.45) is 0 Å². The second kappa shape index (κ2) is 8.13. The fourth-order valence-electron chi connectivity index (χ4n) is 3.59. The molecule has 29 heavy (non-hydrogen) atoms. The van der Waals surface area contributed by atoms with E-state index < -0.39 is 4.92 Å². The Morgan fingerprint density at radius 1 is 1.34 bits per heavy atom. The predicted octanol–water partition coefficient (Wildman–Crippen LogP) is 2.06. The summed E-state index contributed by atoms with van der Waals surface area (Å²) in [4.78, 5) is 36.7. The summed E-state index contributed by atoms with van der Waals surface area (Å²) >= 11 is 0. The third kappa shape index (κ3) is 4.26. The molecule has 3 aromatic rings. The summed E-state index contributed by atoms with van der Waals surface area (Å²) in [5, 5.41) is 17.8. The molecule has 0 bridgehead atoms. The molecule has 1 amide bonds. The van der Waals surface area contributed by atoms with Gasteiger partial charge in [-0.05, 0) is 25.0 Å². The average molecular weight is 395 g/mol. The third-order valence-electron chi connectivity index (χ3n) is 4.93. The number of benzene rings is 1. The summed E-state index contributed by atoms with van der Waals surface area (Å²) in [5.41, 5.74) is 1.32. The maximum absolute atomic E-state index is 12.4. The minimum Gasteiger partial charge on any atom is -0.376 e. The third-order valence-corrected chi connectivity index (χ3v) is 4.93. The molecule has 3 heterocycles. The first-order valence-electron chi connectivity index (χ1n) is 9.41. The van der Waals surface area contributed by atoms with Crippen LogP contribution < -0.4 is 15.5 Å². The van der Waals surface area contributed by atoms with Crippen molar-refractivity contribution in [1.82, 2.24) is 20.3 Å². The minimum atomic E-state index is -0.462. The molecule has 4 rings (SSSR count). The van der Waals surface area contributed by atoms with Gasteiger partial charge in [-0.2, -0.15) is 0 Å². The molecule has 1 unspecified atom stereocenters. The van der Waals surface area contributed by atoms with E-state index in [9.17, 15) is 14.9 Å². The zero-order valence-corrected chi connectivity index (χ0v) is 15.7. The first-order chi connectivity index (χ1) is 14.1. The van der Waals surface area contributed by atoms with Crippen molar-refractivity contribution in [3.8, 4) is 0 Å². The second-order valence-corrected chi connectivity index (χ2v) is 6.95. The fraction of sp³-hybridized carbons (Fsp3) is 0.316. The highest BCUT2D eigenvalue weighted by Gasteiger charge is 2.23. The van der Waals surface area contributed by atoms with Crippen LogP contribution in [0.2, 0.25) is 0 Å². The van der Waals surface area contributed by atoms with Crippen LogP contribution in [0.25, 0.3) is 11.0 Å². The number of aromatic amines is 1. The number of nitro benzene ring substituents is 1. The molecular weight excluding hydrogens is 374 g/mol. The van der Waals surface area contributed by atoms with Gasteiger partial charge < -0.3 is 20.5 Å². The van der Waals surface area contributed by atoms with Crippen LogP contribution in [0.5, 0.6) is 0 Å². The smallest absolute Gasteiger partial charge is 0.271 e. The first-order valence-corrected chi connectivity index (χ1v) is 9.41. The molecule has 1 aliphatic heterocycles. The van der Waals surface area contributed by atoms with Crippen LogP contribution in [0.15, 0.2) is 42.9 Å². The highest BCUT2D eigenvalue weighted by atomic mass is 16.6. The Hall–Kier alpha value is -3.69. The number of piperidine rings is 1. The van der Waals surface area contributed by atoms with Crippen molar-refractivity contribution in [2.75, 3.05) is 29.9 Å². The number of carbonyl (C=O) groups is 1. The molecule has 1 aromatic carbocycles. The number of nitrogens with zero attached hydrogens (tertiary/aromatic N) is 4. The lowest BCUT2D eigenvalue weighted by Crippen LogP contribution is -2.49. The molecule has 2 aromatic heterocycles. The molecule has 0 saturated carbocycles. The lowest BCUT2D eigenvalue weighted by molar-refractivity contribution is -0.384. The summed E-state index contributed by atoms with van der Waals surface area (Å²) < 4.78 is 0. The van der Waals surface area contributed by atoms with Crippen molar-refractivity contribution in [2.45, 2.75) is 18.9 Å². The number of anilines is 2. The summed E-state index contributed by atoms with van der Waals surface area (Å²) in [5.74, 6) is 0.711. The standard InChI is InChI=1S/C19H21N7O3/c27-17(10-21-13-3-1-5-15(9-13)26(28)29)24-14-4-2-8-25(11-14)19-16-6-7-20-18(16)22-12-23-19/h1,3,5-7,9,12,14,21H,2,4,8,10-11H2,(H,24,27)(H,20,22,23). The number of H-pyrrole nitrogens is 1. The van der Waals surface area contributed by atoms with Gasteiger partial charge in [-0.1, -0.05) is 6.07 Å². The van der Waals surface area contributed by atoms with E-state index in [-0.39, 0.29) is 24.2 Å². The zero-order chi connectivity index (χ0) is 20.2. The van der Waals surface area contributed by atoms with E-state index in [2.05, 4.69) is 30.5 Å². The maximum Gasteiger partial charge on any atom is 0.271 e. The largest absolute Gasteiger partial charge is 0.376 e. The van der Waals surface area contributed by atoms with Crippen LogP contribution >= 0.6 is 0 Å². The van der Waals surface area contributed by atoms with Crippen molar-refractivity contribution >= 4 is 34.1 Å². The molecule has 10 nitrogen and oxygen atoms in total. The lowest BCUT2D eigenvalue weighted by atomic mass is 10.1. The number of hydrogen-bond donors (Lipinski definition) is 3. The number of fused-ring (bicyclic) bond motifs is 1. The fourth-order valence-corrected chi connectivity index (χ4v) is 3.59. The number of carbonyl (C=O) groups excluding carboxylic acids is 1. The predicted molar refractivity (Wildman–Crippen MR) is 109 cm³/mol. The van der Waals surface area contributed by atoms with Gasteiger partial charge in [-0.15, -0.1) is 0 Å². The zero-order valence-electron chi connectivity index (χ0n) is 15.7. The van der Waals surface area contributed by atoms with E-state index in [1.165, 1.54) is 12.1 Å². The van der Waals surface area contributed by atoms with Gasteiger partial charge in [0, 0.05) is 43.1 Å². The van der Waals surface area contributed by atoms with Gasteiger partial charge in [-0.25, -0.2) is 9.97 Å². The topological polar surface area (TPSA) is 129 Å². The number of nitrogens with one attached hydrogen (secondary N) is 3. The van der Waals surface area contributed by atoms with Gasteiger partial charge in [0.15, 0.2) is 0 Å². The molecular formula is C19H21N7O3. The highest BCUT2D eigenvalue weighted by Crippen LogP contribution is 2.25. The molecule has 1 atom stereocenters. The van der Waals surface area contributed by atoms with E-state index >= 15 is 0 Å². The van der Waals surface area contributed by atoms with Gasteiger partial charge in [-0.3, -0.25) is 14.9 Å². The van der Waals surface area contributed by atoms with Crippen molar-refractivity contribution < 1.29 is 9.72 Å². The van der Waals surface area contributed by atoms with Crippen LogP contribution in [0.1, 0.15) is 12.8 Å². The molecule has 1 aliphatic rings. The highest BCUT2D eigenvalue weighted by molar-refractivity contribution is 5.87. The van der Waals surface area contributed by atoms with Crippen molar-refractivity contribution in [3.63, 3.8) is 0 Å². The molecule has 10 heteroatoms. The van der Waals surface area contributed by atoms with Crippen LogP contribution in [-0.2, 0) is 4.79 Å². The Balaban J connectivity index is 1.34. The lowest BCUT2D eigenvalue weighted by Gasteiger charge is -2.34. The Kier molecular flexibility index (Phi) is 5.23. The van der Waals surface area contributed by atoms with E-state index in [1.807, 2.05) is 12.3 Å². The van der Waals surface area contributed by atoms with Crippen LogP contribution in [-0.4, -0.2) is 51.5 Å². The van der Waals surface area contributed by atoms with E-state index in [0.717, 1.165) is 36.2 Å². The monoisotopic (exact) mass is 395 g/mol. The quantitative estimate of drug-likeness (QED) is 0.430. The van der Waals surface area contributed by atoms with Crippen LogP contribution in [0.4, 0.5) is 17.2 Å². The van der Waals surface area contributed by atoms with Gasteiger partial charge in [0.25, 0.3) is 5.69 Å². The van der Waals surface area contributed by atoms with Crippen LogP contribution in [0.3, 0.4) is 0 Å². The van der Waals surface area contributed by atoms with Gasteiger partial charge in [0.2, 0.25) is 5.91 Å². The van der Waals surface area contributed by atoms with E-state index in [4.69, 9.17) is 0 Å². The van der Waals surface area contributed by atoms with Crippen molar-refractivity contribution in [1.29, 1.82) is 0 Å². The van der Waals surface area contributed by atoms with Crippen molar-refractivity contribution in [3.05, 3.63) is 53.0 Å². The molecule has 150 valence electrons. The molecule has 0 aliphatic carbocycles. The minimum absolute atomic E-state index is 0.00659. The summed E-state index contributed by atoms with van der Waals surface area (Å²) in [6.45, 7) is 1.59.